The van der Waals surface area contributed by atoms with Gasteiger partial charge in [-0.1, -0.05) is 336 Å². The van der Waals surface area contributed by atoms with Gasteiger partial charge in [0.1, 0.15) is 13.2 Å². The number of carboxylic acids is 1. The number of quaternary nitrogens is 1. The number of esters is 2. The van der Waals surface area contributed by atoms with Crippen molar-refractivity contribution < 1.29 is 42.9 Å². The first-order chi connectivity index (χ1) is 44.6. The summed E-state index contributed by atoms with van der Waals surface area (Å²) in [5.74, 6) is -2.00. The molecule has 0 fully saturated rings. The Labute approximate surface area is 562 Å². The second-order valence-corrected chi connectivity index (χ2v) is 26.9. The Bertz CT molecular complexity index is 1820. The van der Waals surface area contributed by atoms with Crippen molar-refractivity contribution in [2.24, 2.45) is 0 Å². The molecule has 91 heavy (non-hydrogen) atoms. The number of nitrogens with zero attached hydrogens (tertiary/aromatic N) is 1. The molecule has 0 aromatic carbocycles. The van der Waals surface area contributed by atoms with E-state index in [-0.39, 0.29) is 32.2 Å². The van der Waals surface area contributed by atoms with Gasteiger partial charge in [0.15, 0.2) is 6.10 Å². The number of hydrogen-bond acceptors (Lipinski definition) is 7. The van der Waals surface area contributed by atoms with E-state index in [4.69, 9.17) is 18.9 Å². The standard InChI is InChI=1S/C82H145NO8/c1-6-8-10-12-14-16-18-20-22-24-26-28-30-32-33-34-35-36-37-38-39-40-41-42-43-44-45-46-47-49-50-52-54-56-58-60-62-64-66-68-70-72-79(84)89-76-78(77-90-82(81(86)87)88-75-74-83(3,4)5)91-80(85)73-71-69-67-65-63-61-59-57-55-53-51-48-31-29-27-25-23-21-19-17-15-13-11-9-7-2/h9,11,15,17-18,20-21,23-24,26-27,29-30,32,48,51,78,82H,6-8,10,12-14,16,19,22,25,28,31,33-47,49-50,52-77H2,1-5H3/p+1/b11-9-,17-15-,20-18-,23-21-,26-24-,29-27-,32-30-,51-48-. The van der Waals surface area contributed by atoms with Crippen LogP contribution in [0.3, 0.4) is 0 Å². The number of carboxylic acid groups (broad SMARTS) is 1. The van der Waals surface area contributed by atoms with Crippen molar-refractivity contribution >= 4 is 17.9 Å². The Balaban J connectivity index is 3.98. The summed E-state index contributed by atoms with van der Waals surface area (Å²) in [6.45, 7) is 4.78. The van der Waals surface area contributed by atoms with E-state index in [1.807, 2.05) is 21.1 Å². The summed E-state index contributed by atoms with van der Waals surface area (Å²) in [5.41, 5.74) is 0. The second-order valence-electron chi connectivity index (χ2n) is 26.9. The zero-order chi connectivity index (χ0) is 66.1. The fraction of sp³-hybridized carbons (Fsp3) is 0.768. The highest BCUT2D eigenvalue weighted by molar-refractivity contribution is 5.71. The fourth-order valence-corrected chi connectivity index (χ4v) is 11.0. The molecule has 2 atom stereocenters. The minimum Gasteiger partial charge on any atom is -0.477 e. The third-order valence-corrected chi connectivity index (χ3v) is 16.8. The number of allylic oxidation sites excluding steroid dienone is 16. The van der Waals surface area contributed by atoms with Gasteiger partial charge in [-0.15, -0.1) is 0 Å². The first kappa shape index (κ1) is 87.2. The summed E-state index contributed by atoms with van der Waals surface area (Å²) < 4.78 is 23.0. The van der Waals surface area contributed by atoms with E-state index in [0.717, 1.165) is 89.9 Å². The van der Waals surface area contributed by atoms with Crippen LogP contribution in [0.1, 0.15) is 348 Å². The lowest BCUT2D eigenvalue weighted by atomic mass is 10.0. The Kier molecular flexibility index (Phi) is 69.0. The topological polar surface area (TPSA) is 108 Å². The Morgan fingerprint density at radius 3 is 0.934 bits per heavy atom. The molecule has 0 spiro atoms. The number of unbranched alkanes of at least 4 members (excludes halogenated alkanes) is 40. The molecule has 0 saturated carbocycles. The highest BCUT2D eigenvalue weighted by atomic mass is 16.7. The SMILES string of the molecule is CC/C=C\C/C=C\C/C=C\C/C=C\C/C=C\CCCCCCCCCCCC(=O)OC(COC(=O)CCCCCCCCCCCCCCCCCCCCCCCCCCCC/C=C\C/C=C\C/C=C\CCCCCCC)COC(OCC[N+](C)(C)C)C(=O)O. The highest BCUT2D eigenvalue weighted by Gasteiger charge is 2.25. The fourth-order valence-electron chi connectivity index (χ4n) is 11.0. The maximum atomic E-state index is 13.0. The number of carbonyl (C=O) groups is 3. The third kappa shape index (κ3) is 73.5. The van der Waals surface area contributed by atoms with Crippen LogP contribution in [0.2, 0.25) is 0 Å². The molecule has 0 aliphatic carbocycles. The molecule has 0 aliphatic rings. The Morgan fingerprint density at radius 1 is 0.341 bits per heavy atom. The van der Waals surface area contributed by atoms with E-state index in [9.17, 15) is 19.5 Å². The molecule has 0 aromatic rings. The van der Waals surface area contributed by atoms with Crippen LogP contribution in [0, 0.1) is 0 Å². The minimum atomic E-state index is -1.52. The number of rotatable bonds is 71. The molecule has 9 nitrogen and oxygen atoms in total. The predicted molar refractivity (Wildman–Crippen MR) is 392 cm³/mol. The summed E-state index contributed by atoms with van der Waals surface area (Å²) in [5, 5.41) is 9.76. The molecule has 0 aromatic heterocycles. The van der Waals surface area contributed by atoms with Crippen molar-refractivity contribution in [1.82, 2.24) is 0 Å². The minimum absolute atomic E-state index is 0.184. The molecule has 0 amide bonds. The summed E-state index contributed by atoms with van der Waals surface area (Å²) in [7, 11) is 5.98. The second kappa shape index (κ2) is 72.0. The molecule has 0 radical (unpaired) electrons. The van der Waals surface area contributed by atoms with E-state index >= 15 is 0 Å². The van der Waals surface area contributed by atoms with Crippen LogP contribution in [0.25, 0.3) is 0 Å². The average Bonchev–Trinajstić information content (AvgIpc) is 3.46. The number of hydrogen-bond donors (Lipinski definition) is 1. The number of ether oxygens (including phenoxy) is 4. The molecule has 1 N–H and O–H groups in total. The quantitative estimate of drug-likeness (QED) is 0.0211. The molecule has 526 valence electrons. The van der Waals surface area contributed by atoms with Crippen molar-refractivity contribution in [1.29, 1.82) is 0 Å². The van der Waals surface area contributed by atoms with Gasteiger partial charge < -0.3 is 28.5 Å². The molecule has 0 bridgehead atoms. The number of carbonyl (C=O) groups excluding carboxylic acids is 2. The van der Waals surface area contributed by atoms with Crippen LogP contribution in [-0.4, -0.2) is 87.4 Å². The van der Waals surface area contributed by atoms with E-state index in [2.05, 4.69) is 111 Å². The van der Waals surface area contributed by atoms with Gasteiger partial charge >= 0.3 is 17.9 Å². The maximum absolute atomic E-state index is 13.0. The first-order valence-electron chi connectivity index (χ1n) is 38.4. The first-order valence-corrected chi connectivity index (χ1v) is 38.4. The molecule has 0 rings (SSSR count). The smallest absolute Gasteiger partial charge is 0.361 e. The lowest BCUT2D eigenvalue weighted by Crippen LogP contribution is -2.40. The molecule has 0 saturated heterocycles. The van der Waals surface area contributed by atoms with Crippen molar-refractivity contribution in [3.63, 3.8) is 0 Å². The third-order valence-electron chi connectivity index (χ3n) is 16.8. The largest absolute Gasteiger partial charge is 0.477 e. The van der Waals surface area contributed by atoms with E-state index in [1.54, 1.807) is 0 Å². The normalized spacial score (nSPS) is 13.2. The van der Waals surface area contributed by atoms with Crippen molar-refractivity contribution in [2.45, 2.75) is 360 Å². The van der Waals surface area contributed by atoms with Crippen LogP contribution in [0.5, 0.6) is 0 Å². The van der Waals surface area contributed by atoms with Gasteiger partial charge in [0.25, 0.3) is 6.29 Å². The van der Waals surface area contributed by atoms with Crippen molar-refractivity contribution in [3.8, 4) is 0 Å². The lowest BCUT2D eigenvalue weighted by Gasteiger charge is -2.25. The van der Waals surface area contributed by atoms with Crippen molar-refractivity contribution in [2.75, 3.05) is 47.5 Å². The van der Waals surface area contributed by atoms with Crippen LogP contribution < -0.4 is 0 Å². The average molecular weight is 1270 g/mol. The van der Waals surface area contributed by atoms with Crippen LogP contribution >= 0.6 is 0 Å². The van der Waals surface area contributed by atoms with Gasteiger partial charge in [0, 0.05) is 12.8 Å². The predicted octanol–water partition coefficient (Wildman–Crippen LogP) is 24.4. The summed E-state index contributed by atoms with van der Waals surface area (Å²) >= 11 is 0. The van der Waals surface area contributed by atoms with Crippen LogP contribution in [0.4, 0.5) is 0 Å². The molecule has 0 heterocycles. The molecule has 9 heteroatoms. The summed E-state index contributed by atoms with van der Waals surface area (Å²) in [6.07, 6.45) is 97.0. The van der Waals surface area contributed by atoms with Gasteiger partial charge in [0.2, 0.25) is 0 Å². The maximum Gasteiger partial charge on any atom is 0.361 e. The van der Waals surface area contributed by atoms with E-state index in [0.29, 0.717) is 23.9 Å². The summed E-state index contributed by atoms with van der Waals surface area (Å²) in [4.78, 5) is 37.7. The molecule has 0 aliphatic heterocycles. The van der Waals surface area contributed by atoms with Gasteiger partial charge in [-0.25, -0.2) is 4.79 Å². The van der Waals surface area contributed by atoms with Crippen LogP contribution in [-0.2, 0) is 33.3 Å². The molecular formula is C82H146NO8+. The van der Waals surface area contributed by atoms with Gasteiger partial charge in [-0.2, -0.15) is 0 Å². The Hall–Kier alpha value is -3.79. The highest BCUT2D eigenvalue weighted by Crippen LogP contribution is 2.19. The van der Waals surface area contributed by atoms with Crippen LogP contribution in [0.15, 0.2) is 97.2 Å². The van der Waals surface area contributed by atoms with Gasteiger partial charge in [-0.05, 0) is 96.3 Å². The van der Waals surface area contributed by atoms with E-state index in [1.165, 1.54) is 225 Å². The zero-order valence-electron chi connectivity index (χ0n) is 60.2. The van der Waals surface area contributed by atoms with Gasteiger partial charge in [0.05, 0.1) is 34.4 Å². The lowest BCUT2D eigenvalue weighted by molar-refractivity contribution is -0.870. The monoisotopic (exact) mass is 1270 g/mol. The number of likely N-dealkylation sites (N-methyl/N-ethyl adjacent to an activating group) is 1. The zero-order valence-corrected chi connectivity index (χ0v) is 60.2. The molecule has 2 unspecified atom stereocenters. The van der Waals surface area contributed by atoms with E-state index < -0.39 is 24.3 Å². The molecular weight excluding hydrogens is 1130 g/mol. The summed E-state index contributed by atoms with van der Waals surface area (Å²) in [6, 6.07) is 0. The number of aliphatic carboxylic acids is 1. The Morgan fingerprint density at radius 2 is 0.626 bits per heavy atom. The van der Waals surface area contributed by atoms with Crippen molar-refractivity contribution in [3.05, 3.63) is 97.2 Å². The van der Waals surface area contributed by atoms with Gasteiger partial charge in [-0.3, -0.25) is 9.59 Å².